The molecule has 6 nitrogen and oxygen atoms in total. The van der Waals surface area contributed by atoms with Crippen molar-refractivity contribution < 1.29 is 9.47 Å². The molecule has 0 aliphatic carbocycles. The second kappa shape index (κ2) is 5.83. The molecule has 1 aromatic heterocycles. The second-order valence-electron chi connectivity index (χ2n) is 8.22. The van der Waals surface area contributed by atoms with Crippen molar-refractivity contribution >= 4 is 5.95 Å². The summed E-state index contributed by atoms with van der Waals surface area (Å²) in [4.78, 5) is 14.6. The van der Waals surface area contributed by atoms with Gasteiger partial charge < -0.3 is 14.4 Å². The molecule has 0 amide bonds. The van der Waals surface area contributed by atoms with Crippen LogP contribution in [-0.4, -0.2) is 53.4 Å². The molecule has 0 radical (unpaired) electrons. The van der Waals surface area contributed by atoms with Crippen LogP contribution in [0.4, 0.5) is 5.95 Å². The van der Waals surface area contributed by atoms with Crippen molar-refractivity contribution in [3.8, 4) is 11.5 Å². The summed E-state index contributed by atoms with van der Waals surface area (Å²) < 4.78 is 11.2. The summed E-state index contributed by atoms with van der Waals surface area (Å²) in [7, 11) is 0. The summed E-state index contributed by atoms with van der Waals surface area (Å²) in [6.07, 6.45) is 4.47. The smallest absolute Gasteiger partial charge is 0.231 e. The largest absolute Gasteiger partial charge is 0.454 e. The second-order valence-corrected chi connectivity index (χ2v) is 8.22. The fraction of sp³-hybridized carbons (Fsp3) is 0.524. The maximum absolute atomic E-state index is 5.65. The van der Waals surface area contributed by atoms with E-state index in [1.165, 1.54) is 31.5 Å². The molecule has 7 rings (SSSR count). The van der Waals surface area contributed by atoms with Gasteiger partial charge in [-0.25, -0.2) is 9.97 Å². The molecule has 0 spiro atoms. The van der Waals surface area contributed by atoms with Gasteiger partial charge in [0.1, 0.15) is 0 Å². The van der Waals surface area contributed by atoms with Gasteiger partial charge in [0.15, 0.2) is 11.5 Å². The van der Waals surface area contributed by atoms with Crippen LogP contribution in [0.25, 0.3) is 0 Å². The van der Waals surface area contributed by atoms with Gasteiger partial charge in [-0.15, -0.1) is 0 Å². The molecule has 5 aliphatic rings. The molecule has 1 aromatic carbocycles. The van der Waals surface area contributed by atoms with Gasteiger partial charge in [0.25, 0.3) is 0 Å². The number of fused-ring (bicyclic) bond motifs is 3. The minimum atomic E-state index is 0.326. The van der Waals surface area contributed by atoms with Gasteiger partial charge in [0.05, 0.1) is 6.04 Å². The Kier molecular flexibility index (Phi) is 3.39. The molecule has 0 saturated carbocycles. The number of anilines is 1. The Morgan fingerprint density at radius 1 is 1.04 bits per heavy atom. The Labute approximate surface area is 159 Å². The highest BCUT2D eigenvalue weighted by molar-refractivity contribution is 5.49. The zero-order valence-corrected chi connectivity index (χ0v) is 15.5. The fourth-order valence-electron chi connectivity index (χ4n) is 5.66. The molecule has 4 saturated heterocycles. The molecule has 2 aromatic rings. The molecule has 5 aliphatic heterocycles. The highest BCUT2D eigenvalue weighted by Gasteiger charge is 2.54. The predicted octanol–water partition coefficient (Wildman–Crippen LogP) is 2.58. The van der Waals surface area contributed by atoms with Crippen LogP contribution in [-0.2, 0) is 0 Å². The third-order valence-corrected chi connectivity index (χ3v) is 6.86. The van der Waals surface area contributed by atoms with Crippen molar-refractivity contribution in [3.05, 3.63) is 41.7 Å². The Morgan fingerprint density at radius 3 is 2.74 bits per heavy atom. The molecule has 140 valence electrons. The van der Waals surface area contributed by atoms with E-state index in [0.717, 1.165) is 35.6 Å². The lowest BCUT2D eigenvalue weighted by Gasteiger charge is -2.51. The first kappa shape index (κ1) is 15.7. The number of aryl methyl sites for hydroxylation is 1. The number of hydrogen-bond donors (Lipinski definition) is 0. The topological polar surface area (TPSA) is 50.7 Å². The van der Waals surface area contributed by atoms with Crippen molar-refractivity contribution in [2.75, 3.05) is 31.3 Å². The molecule has 6 heteroatoms. The van der Waals surface area contributed by atoms with Crippen molar-refractivity contribution in [3.63, 3.8) is 0 Å². The molecular formula is C21H24N4O2. The van der Waals surface area contributed by atoms with Gasteiger partial charge in [0, 0.05) is 30.4 Å². The lowest BCUT2D eigenvalue weighted by atomic mass is 9.75. The number of ether oxygens (including phenoxy) is 2. The lowest BCUT2D eigenvalue weighted by Crippen LogP contribution is -2.60. The minimum Gasteiger partial charge on any atom is -0.454 e. The van der Waals surface area contributed by atoms with Gasteiger partial charge in [-0.3, -0.25) is 4.90 Å². The van der Waals surface area contributed by atoms with Crippen molar-refractivity contribution in [2.45, 2.75) is 37.8 Å². The van der Waals surface area contributed by atoms with E-state index in [-0.39, 0.29) is 0 Å². The average molecular weight is 364 g/mol. The van der Waals surface area contributed by atoms with Crippen LogP contribution >= 0.6 is 0 Å². The van der Waals surface area contributed by atoms with Crippen LogP contribution in [0, 0.1) is 12.8 Å². The van der Waals surface area contributed by atoms with Crippen LogP contribution in [0.3, 0.4) is 0 Å². The number of nitrogens with zero attached hydrogens (tertiary/aromatic N) is 4. The van der Waals surface area contributed by atoms with Crippen LogP contribution in [0.1, 0.15) is 30.0 Å². The molecule has 2 bridgehead atoms. The highest BCUT2D eigenvalue weighted by Crippen LogP contribution is 2.48. The standard InChI is InChI=1S/C21H24N4O2/c1-13-4-7-22-21(23-13)25-11-16(15-2-3-17-18(10-15)27-12-26-17)20-19(25)14-5-8-24(20)9-6-14/h2-4,7,10,14,16,19-20H,5-6,8-9,11-12H2,1H3/t16-,19+,20+/m0/s1. The van der Waals surface area contributed by atoms with E-state index in [9.17, 15) is 0 Å². The number of rotatable bonds is 2. The Hall–Kier alpha value is -2.34. The van der Waals surface area contributed by atoms with E-state index in [1.807, 2.05) is 19.2 Å². The maximum atomic E-state index is 5.65. The third kappa shape index (κ3) is 2.35. The molecule has 0 N–H and O–H groups in total. The Bertz CT molecular complexity index is 880. The zero-order valence-electron chi connectivity index (χ0n) is 15.5. The average Bonchev–Trinajstić information content (AvgIpc) is 3.34. The SMILES string of the molecule is Cc1ccnc(N2C[C@@H](c3ccc4c(c3)OCO4)[C@@H]3[C@H]2C2CCN3CC2)n1. The van der Waals surface area contributed by atoms with Crippen molar-refractivity contribution in [1.29, 1.82) is 0 Å². The van der Waals surface area contributed by atoms with Crippen LogP contribution in [0.2, 0.25) is 0 Å². The monoisotopic (exact) mass is 364 g/mol. The zero-order chi connectivity index (χ0) is 18.0. The van der Waals surface area contributed by atoms with E-state index >= 15 is 0 Å². The summed E-state index contributed by atoms with van der Waals surface area (Å²) in [5.41, 5.74) is 2.38. The Morgan fingerprint density at radius 2 is 1.89 bits per heavy atom. The number of aromatic nitrogens is 2. The van der Waals surface area contributed by atoms with Crippen LogP contribution in [0.15, 0.2) is 30.5 Å². The normalized spacial score (nSPS) is 33.4. The minimum absolute atomic E-state index is 0.326. The third-order valence-electron chi connectivity index (χ3n) is 6.86. The van der Waals surface area contributed by atoms with E-state index < -0.39 is 0 Å². The van der Waals surface area contributed by atoms with Gasteiger partial charge in [-0.05, 0) is 62.5 Å². The summed E-state index contributed by atoms with van der Waals surface area (Å²) in [5, 5.41) is 0. The van der Waals surface area contributed by atoms with Crippen molar-refractivity contribution in [2.24, 2.45) is 5.92 Å². The first-order valence-corrected chi connectivity index (χ1v) is 9.98. The van der Waals surface area contributed by atoms with E-state index in [4.69, 9.17) is 14.5 Å². The van der Waals surface area contributed by atoms with Crippen LogP contribution < -0.4 is 14.4 Å². The molecule has 27 heavy (non-hydrogen) atoms. The maximum Gasteiger partial charge on any atom is 0.231 e. The van der Waals surface area contributed by atoms with Gasteiger partial charge in [0.2, 0.25) is 12.7 Å². The summed E-state index contributed by atoms with van der Waals surface area (Å²) >= 11 is 0. The van der Waals surface area contributed by atoms with Gasteiger partial charge in [-0.1, -0.05) is 6.07 Å². The number of hydrogen-bond acceptors (Lipinski definition) is 6. The lowest BCUT2D eigenvalue weighted by molar-refractivity contribution is 0.0353. The van der Waals surface area contributed by atoms with E-state index in [2.05, 4.69) is 33.0 Å². The number of piperidine rings is 3. The van der Waals surface area contributed by atoms with Crippen LogP contribution in [0.5, 0.6) is 11.5 Å². The molecule has 0 unspecified atom stereocenters. The fourth-order valence-corrected chi connectivity index (χ4v) is 5.66. The molecule has 6 heterocycles. The van der Waals surface area contributed by atoms with Gasteiger partial charge in [-0.2, -0.15) is 0 Å². The van der Waals surface area contributed by atoms with E-state index in [0.29, 0.717) is 24.8 Å². The predicted molar refractivity (Wildman–Crippen MR) is 101 cm³/mol. The quantitative estimate of drug-likeness (QED) is 0.816. The highest BCUT2D eigenvalue weighted by atomic mass is 16.7. The van der Waals surface area contributed by atoms with Crippen molar-refractivity contribution in [1.82, 2.24) is 14.9 Å². The molecule has 3 atom stereocenters. The Balaban J connectivity index is 1.42. The van der Waals surface area contributed by atoms with E-state index in [1.54, 1.807) is 0 Å². The van der Waals surface area contributed by atoms with Gasteiger partial charge >= 0.3 is 0 Å². The molecular weight excluding hydrogens is 340 g/mol. The summed E-state index contributed by atoms with van der Waals surface area (Å²) in [6, 6.07) is 9.48. The first-order valence-electron chi connectivity index (χ1n) is 9.98. The number of benzene rings is 1. The first-order chi connectivity index (χ1) is 13.3. The summed E-state index contributed by atoms with van der Waals surface area (Å²) in [5.74, 6) is 3.81. The summed E-state index contributed by atoms with van der Waals surface area (Å²) in [6.45, 7) is 5.77. The molecule has 4 fully saturated rings.